The molecule has 6 atom stereocenters. The summed E-state index contributed by atoms with van der Waals surface area (Å²) in [5.41, 5.74) is 4.73. The minimum atomic E-state index is -3.44. The van der Waals surface area contributed by atoms with E-state index >= 15 is 0 Å². The third-order valence-corrected chi connectivity index (χ3v) is 24.0. The van der Waals surface area contributed by atoms with E-state index in [-0.39, 0.29) is 46.2 Å². The largest absolute Gasteiger partial charge is 0.474 e. The predicted molar refractivity (Wildman–Crippen MR) is 493 cm³/mol. The number of unbranched alkanes of at least 4 members (excludes halogenated alkanes) is 13. The number of benzene rings is 3. The van der Waals surface area contributed by atoms with E-state index < -0.39 is 57.7 Å². The van der Waals surface area contributed by atoms with Crippen LogP contribution in [0.2, 0.25) is 0 Å². The van der Waals surface area contributed by atoms with Crippen molar-refractivity contribution in [3.8, 4) is 12.0 Å². The van der Waals surface area contributed by atoms with Gasteiger partial charge in [-0.25, -0.2) is 42.9 Å². The quantitative estimate of drug-likeness (QED) is 0.00403. The number of aryl methyl sites for hydroxylation is 3. The molecule has 0 aromatic heterocycles. The fraction of sp³-hybridized carbons (Fsp3) is 0.645. The molecule has 3 rings (SSSR count). The maximum atomic E-state index is 13.3. The molecule has 0 spiro atoms. The minimum absolute atomic E-state index is 0.0465. The van der Waals surface area contributed by atoms with Gasteiger partial charge in [0.15, 0.2) is 0 Å². The molecule has 0 aliphatic rings. The molecule has 6 unspecified atom stereocenters. The first-order chi connectivity index (χ1) is 61.3. The van der Waals surface area contributed by atoms with Crippen molar-refractivity contribution >= 4 is 92.2 Å². The van der Waals surface area contributed by atoms with Crippen molar-refractivity contribution in [2.45, 2.75) is 260 Å². The van der Waals surface area contributed by atoms with E-state index in [2.05, 4.69) is 83.2 Å². The average Bonchev–Trinajstić information content (AvgIpc) is 0.871. The van der Waals surface area contributed by atoms with Crippen LogP contribution in [-0.2, 0) is 84.1 Å². The van der Waals surface area contributed by atoms with Crippen molar-refractivity contribution in [3.05, 3.63) is 109 Å². The van der Waals surface area contributed by atoms with Gasteiger partial charge in [-0.15, -0.1) is 5.26 Å². The number of aliphatic hydroxyl groups excluding tert-OH is 3. The van der Waals surface area contributed by atoms with Gasteiger partial charge in [-0.05, 0) is 193 Å². The van der Waals surface area contributed by atoms with Gasteiger partial charge in [0.1, 0.15) is 38.8 Å². The van der Waals surface area contributed by atoms with Crippen LogP contribution >= 0.6 is 15.4 Å². The number of hydrogen-bond donors (Lipinski definition) is 7. The Bertz CT molecular complexity index is 3730. The highest BCUT2D eigenvalue weighted by Gasteiger charge is 2.26. The number of rotatable bonds is 69. The first-order valence-electron chi connectivity index (χ1n) is 44.9. The van der Waals surface area contributed by atoms with Gasteiger partial charge in [-0.2, -0.15) is 4.99 Å². The van der Waals surface area contributed by atoms with Crippen molar-refractivity contribution < 1.29 is 123 Å². The zero-order valence-corrected chi connectivity index (χ0v) is 78.9. The Hall–Kier alpha value is -8.82. The number of aliphatic imine (C=N–C) groups is 1. The number of phosphoric acid groups is 1. The van der Waals surface area contributed by atoms with Crippen molar-refractivity contribution in [1.29, 1.82) is 5.26 Å². The van der Waals surface area contributed by atoms with E-state index in [1.54, 1.807) is 81.6 Å². The normalized spacial score (nSPS) is 12.5. The molecule has 0 saturated carbocycles. The van der Waals surface area contributed by atoms with Gasteiger partial charge in [-0.3, -0.25) is 39.4 Å². The van der Waals surface area contributed by atoms with Gasteiger partial charge in [0.05, 0.1) is 51.5 Å². The molecule has 718 valence electrons. The number of phosphoric ester groups is 1. The van der Waals surface area contributed by atoms with Crippen molar-refractivity contribution in [2.24, 2.45) is 28.7 Å². The summed E-state index contributed by atoms with van der Waals surface area (Å²) < 4.78 is 92.4. The number of nitrogens with zero attached hydrogens (tertiary/aromatic N) is 2. The minimum Gasteiger partial charge on any atom is -0.460 e. The number of anilines is 4. The Balaban J connectivity index is 0.00000237. The second-order valence-corrected chi connectivity index (χ2v) is 34.3. The van der Waals surface area contributed by atoms with Crippen LogP contribution in [0, 0.1) is 56.0 Å². The van der Waals surface area contributed by atoms with Gasteiger partial charge in [-0.1, -0.05) is 182 Å². The standard InChI is InChI=1S/C53H81N4O15P.C26H55O6P.C9H6N2O2.C5H8O3/c1-8-42(24-20-31-69-51(61)55-45-27-29-47(41(6)39-45)57-53(63)71-36-34-67-49(59)11-4)23-17-15-19-37-73(64,65-7)72-32-21-25-43(9-2)22-16-13-12-14-18-30-68-50(60)54-44-26-28-46(40(5)38-44)56-52(62)70-35-33-66-48(58)10-3;1-4-25(19-15-22-28)17-12-8-10-14-23-31-33(29,30-3)32-24-16-20-26(5-2)18-11-7-6-9-13-21-27;1-7-4-8(13-5-10)2-3-9(7)11-6-12;1-2-5(7)8-4-3-6/h10-11,26-29,38-39,42-43H,3-4,8-9,12-25,30-37H2,1-2,5-7H3,(H,54,60)(H,55,61)(H,56,62)(H,57,63);25-28H,4-24H2,1-3H3;2-4H,1H3;2,6H,1,3-4H2. The SMILES string of the molecule is C=CC(=O)OCCO.C=CC(=O)OCCOC(=O)Nc1ccc(NC(=O)OCCCCCCCC(CC)CCCOP(=O)(CCCCCC(CC)CCCOC(=O)Nc2ccc(NC(=O)OCCOC(=O)C=C)c(C)c2)OC)cc1C.CCC(CCCO)CCCCCCOP(=O)(OC)OCCCC(CC)CCCCCCCO.Cc1cc(OC#N)ccc1N=C=O. The Kier molecular flexibility index (Phi) is 72.8. The van der Waals surface area contributed by atoms with Gasteiger partial charge < -0.3 is 62.3 Å². The number of esters is 3. The van der Waals surface area contributed by atoms with Gasteiger partial charge in [0.25, 0.3) is 6.26 Å². The number of carbonyl (C=O) groups excluding carboxylic acids is 8. The van der Waals surface area contributed by atoms with Gasteiger partial charge >= 0.3 is 57.7 Å². The molecule has 0 radical (unpaired) electrons. The number of aliphatic hydroxyl groups is 3. The molecule has 34 heteroatoms. The second-order valence-electron chi connectivity index (χ2n) is 30.2. The Morgan fingerprint density at radius 1 is 0.409 bits per heavy atom. The highest BCUT2D eigenvalue weighted by Crippen LogP contribution is 2.50. The molecule has 3 aromatic rings. The number of nitriles is 1. The first-order valence-corrected chi connectivity index (χ1v) is 48.1. The fourth-order valence-corrected chi connectivity index (χ4v) is 15.5. The lowest BCUT2D eigenvalue weighted by Gasteiger charge is -2.19. The van der Waals surface area contributed by atoms with Crippen LogP contribution in [0.3, 0.4) is 0 Å². The van der Waals surface area contributed by atoms with Crippen LogP contribution in [-0.4, -0.2) is 170 Å². The molecule has 32 nitrogen and oxygen atoms in total. The molecule has 0 saturated heterocycles. The van der Waals surface area contributed by atoms with Gasteiger partial charge in [0.2, 0.25) is 6.08 Å². The van der Waals surface area contributed by atoms with E-state index in [9.17, 15) is 47.5 Å². The van der Waals surface area contributed by atoms with E-state index in [0.29, 0.717) is 109 Å². The molecule has 7 N–H and O–H groups in total. The predicted octanol–water partition coefficient (Wildman–Crippen LogP) is 22.2. The highest BCUT2D eigenvalue weighted by molar-refractivity contribution is 7.53. The summed E-state index contributed by atoms with van der Waals surface area (Å²) in [6, 6.07) is 14.7. The molecule has 4 amide bonds. The molecular formula is C93H150N6O26P2. The van der Waals surface area contributed by atoms with Crippen LogP contribution in [0.25, 0.3) is 0 Å². The number of amides is 4. The summed E-state index contributed by atoms with van der Waals surface area (Å²) in [4.78, 5) is 94.5. The molecule has 0 aliphatic carbocycles. The molecule has 127 heavy (non-hydrogen) atoms. The van der Waals surface area contributed by atoms with Crippen molar-refractivity contribution in [1.82, 2.24) is 0 Å². The lowest BCUT2D eigenvalue weighted by Crippen LogP contribution is -2.18. The summed E-state index contributed by atoms with van der Waals surface area (Å²) in [5, 5.41) is 44.8. The Morgan fingerprint density at radius 2 is 0.772 bits per heavy atom. The van der Waals surface area contributed by atoms with Crippen LogP contribution in [0.15, 0.2) is 97.6 Å². The number of ether oxygens (including phenoxy) is 8. The zero-order valence-electron chi connectivity index (χ0n) is 77.1. The summed E-state index contributed by atoms with van der Waals surface area (Å²) in [5.74, 6) is 1.20. The van der Waals surface area contributed by atoms with Crippen LogP contribution in [0.1, 0.15) is 256 Å². The number of nitrogens with one attached hydrogen (secondary N) is 4. The smallest absolute Gasteiger partial charge is 0.460 e. The average molecular weight is 1830 g/mol. The third-order valence-electron chi connectivity index (χ3n) is 20.6. The fourth-order valence-electron chi connectivity index (χ4n) is 13.0. The summed E-state index contributed by atoms with van der Waals surface area (Å²) in [6.07, 6.45) is 38.2. The summed E-state index contributed by atoms with van der Waals surface area (Å²) in [6.45, 7) is 25.8. The van der Waals surface area contributed by atoms with Crippen LogP contribution < -0.4 is 26.0 Å². The molecule has 0 fully saturated rings. The molecule has 0 bridgehead atoms. The highest BCUT2D eigenvalue weighted by atomic mass is 31.2. The second kappa shape index (κ2) is 78.2. The van der Waals surface area contributed by atoms with Crippen LogP contribution in [0.4, 0.5) is 47.6 Å². The lowest BCUT2D eigenvalue weighted by molar-refractivity contribution is -0.139. The van der Waals surface area contributed by atoms with Crippen LogP contribution in [0.5, 0.6) is 5.75 Å². The molecular weight excluding hydrogens is 1680 g/mol. The number of hydrogen-bond acceptors (Lipinski definition) is 28. The van der Waals surface area contributed by atoms with E-state index in [0.717, 1.165) is 197 Å². The maximum Gasteiger partial charge on any atom is 0.474 e. The maximum absolute atomic E-state index is 13.3. The van der Waals surface area contributed by atoms with E-state index in [4.69, 9.17) is 71.6 Å². The third kappa shape index (κ3) is 63.7. The molecule has 0 heterocycles. The van der Waals surface area contributed by atoms with Crippen molar-refractivity contribution in [3.63, 3.8) is 0 Å². The monoisotopic (exact) mass is 1830 g/mol. The first kappa shape index (κ1) is 118. The number of isocyanates is 1. The molecule has 0 aliphatic heterocycles. The summed E-state index contributed by atoms with van der Waals surface area (Å²) >= 11 is 0. The van der Waals surface area contributed by atoms with E-state index in [1.807, 2.05) is 0 Å². The topological polar surface area (TPSA) is 436 Å². The Labute approximate surface area is 755 Å². The van der Waals surface area contributed by atoms with Gasteiger partial charge in [0, 0.05) is 68.4 Å². The number of carbonyl (C=O) groups is 7. The lowest BCUT2D eigenvalue weighted by atomic mass is 9.94. The van der Waals surface area contributed by atoms with E-state index in [1.165, 1.54) is 65.2 Å². The molecule has 3 aromatic carbocycles. The van der Waals surface area contributed by atoms with Crippen molar-refractivity contribution in [2.75, 3.05) is 128 Å². The zero-order chi connectivity index (χ0) is 94.4. The summed E-state index contributed by atoms with van der Waals surface area (Å²) in [7, 11) is -3.73. The Morgan fingerprint density at radius 3 is 1.17 bits per heavy atom.